The minimum Gasteiger partial charge on any atom is -0.490 e. The van der Waals surface area contributed by atoms with Gasteiger partial charge in [0.1, 0.15) is 17.1 Å². The van der Waals surface area contributed by atoms with Crippen molar-refractivity contribution in [3.05, 3.63) is 63.9 Å². The Labute approximate surface area is 175 Å². The van der Waals surface area contributed by atoms with E-state index in [9.17, 15) is 14.0 Å². The number of anilines is 1. The van der Waals surface area contributed by atoms with Crippen LogP contribution in [0.2, 0.25) is 0 Å². The first-order valence-electron chi connectivity index (χ1n) is 8.39. The molecule has 2 aromatic rings. The summed E-state index contributed by atoms with van der Waals surface area (Å²) in [6, 6.07) is 10.5. The zero-order valence-corrected chi connectivity index (χ0v) is 17.4. The van der Waals surface area contributed by atoms with Gasteiger partial charge in [-0.2, -0.15) is 0 Å². The number of thiocarbonyl (C=S) groups is 1. The second-order valence-corrected chi connectivity index (χ2v) is 7.53. The molecule has 1 heterocycles. The van der Waals surface area contributed by atoms with E-state index in [0.29, 0.717) is 21.5 Å². The summed E-state index contributed by atoms with van der Waals surface area (Å²) in [5.74, 6) is -0.954. The lowest BCUT2D eigenvalue weighted by atomic mass is 10.1. The van der Waals surface area contributed by atoms with Crippen molar-refractivity contribution in [1.29, 1.82) is 0 Å². The highest BCUT2D eigenvalue weighted by Crippen LogP contribution is 2.29. The summed E-state index contributed by atoms with van der Waals surface area (Å²) in [5.41, 5.74) is 0.917. The molecule has 1 N–H and O–H groups in total. The van der Waals surface area contributed by atoms with Crippen molar-refractivity contribution in [2.45, 2.75) is 20.0 Å². The maximum atomic E-state index is 13.2. The van der Waals surface area contributed by atoms with E-state index in [0.717, 1.165) is 4.90 Å². The Bertz CT molecular complexity index is 989. The number of ether oxygens (including phenoxy) is 1. The van der Waals surface area contributed by atoms with Gasteiger partial charge in [0, 0.05) is 0 Å². The van der Waals surface area contributed by atoms with Crippen LogP contribution in [0, 0.1) is 5.82 Å². The van der Waals surface area contributed by atoms with Gasteiger partial charge in [-0.1, -0.05) is 6.07 Å². The summed E-state index contributed by atoms with van der Waals surface area (Å²) >= 11 is 8.55. The molecule has 1 aliphatic rings. The second kappa shape index (κ2) is 8.20. The van der Waals surface area contributed by atoms with Gasteiger partial charge in [-0.05, 0) is 90.0 Å². The maximum Gasteiger partial charge on any atom is 0.270 e. The number of hydrogen-bond acceptors (Lipinski definition) is 4. The second-order valence-electron chi connectivity index (χ2n) is 6.29. The zero-order chi connectivity index (χ0) is 20.4. The first-order chi connectivity index (χ1) is 13.3. The third kappa shape index (κ3) is 4.28. The number of carbonyl (C=O) groups is 2. The quantitative estimate of drug-likeness (QED) is 0.420. The monoisotopic (exact) mass is 462 g/mol. The number of hydrogen-bond donors (Lipinski definition) is 1. The topological polar surface area (TPSA) is 58.6 Å². The van der Waals surface area contributed by atoms with Crippen LogP contribution in [-0.4, -0.2) is 23.0 Å². The molecule has 0 bridgehead atoms. The van der Waals surface area contributed by atoms with Gasteiger partial charge in [0.25, 0.3) is 11.8 Å². The van der Waals surface area contributed by atoms with Gasteiger partial charge in [-0.3, -0.25) is 19.8 Å². The van der Waals surface area contributed by atoms with E-state index in [4.69, 9.17) is 17.0 Å². The third-order valence-corrected chi connectivity index (χ3v) is 4.72. The summed E-state index contributed by atoms with van der Waals surface area (Å²) in [5, 5.41) is 2.44. The average Bonchev–Trinajstić information content (AvgIpc) is 2.62. The summed E-state index contributed by atoms with van der Waals surface area (Å²) in [6.07, 6.45) is 1.48. The molecule has 28 heavy (non-hydrogen) atoms. The smallest absolute Gasteiger partial charge is 0.270 e. The Hall–Kier alpha value is -2.58. The van der Waals surface area contributed by atoms with Gasteiger partial charge in [0.15, 0.2) is 5.11 Å². The van der Waals surface area contributed by atoms with Crippen LogP contribution in [0.5, 0.6) is 5.75 Å². The largest absolute Gasteiger partial charge is 0.490 e. The Morgan fingerprint density at radius 3 is 2.46 bits per heavy atom. The number of nitrogens with one attached hydrogen (secondary N) is 1. The van der Waals surface area contributed by atoms with Crippen LogP contribution in [-0.2, 0) is 9.59 Å². The van der Waals surface area contributed by atoms with Gasteiger partial charge in [0.05, 0.1) is 16.3 Å². The van der Waals surface area contributed by atoms with Crippen molar-refractivity contribution in [3.8, 4) is 5.75 Å². The van der Waals surface area contributed by atoms with Gasteiger partial charge < -0.3 is 4.74 Å². The number of nitrogens with zero attached hydrogens (tertiary/aromatic N) is 1. The van der Waals surface area contributed by atoms with Crippen LogP contribution in [0.4, 0.5) is 10.1 Å². The summed E-state index contributed by atoms with van der Waals surface area (Å²) in [6.45, 7) is 3.83. The van der Waals surface area contributed by atoms with Crippen LogP contribution in [0.1, 0.15) is 19.4 Å². The molecule has 1 aliphatic heterocycles. The molecule has 0 saturated carbocycles. The maximum absolute atomic E-state index is 13.2. The van der Waals surface area contributed by atoms with E-state index in [2.05, 4.69) is 21.2 Å². The number of rotatable bonds is 4. The highest BCUT2D eigenvalue weighted by molar-refractivity contribution is 9.10. The summed E-state index contributed by atoms with van der Waals surface area (Å²) in [7, 11) is 0. The fourth-order valence-corrected chi connectivity index (χ4v) is 3.38. The summed E-state index contributed by atoms with van der Waals surface area (Å²) in [4.78, 5) is 26.4. The average molecular weight is 463 g/mol. The number of halogens is 2. The molecule has 0 radical (unpaired) electrons. The predicted molar refractivity (Wildman–Crippen MR) is 113 cm³/mol. The molecular formula is C20H16BrFN2O3S. The van der Waals surface area contributed by atoms with E-state index >= 15 is 0 Å². The Balaban J connectivity index is 1.95. The molecule has 3 rings (SSSR count). The molecule has 0 aliphatic carbocycles. The highest BCUT2D eigenvalue weighted by Gasteiger charge is 2.34. The van der Waals surface area contributed by atoms with Crippen LogP contribution in [0.3, 0.4) is 0 Å². The molecule has 144 valence electrons. The lowest BCUT2D eigenvalue weighted by Gasteiger charge is -2.28. The van der Waals surface area contributed by atoms with Crippen molar-refractivity contribution in [3.63, 3.8) is 0 Å². The lowest BCUT2D eigenvalue weighted by Crippen LogP contribution is -2.54. The minimum atomic E-state index is -0.591. The van der Waals surface area contributed by atoms with E-state index < -0.39 is 17.6 Å². The van der Waals surface area contributed by atoms with Gasteiger partial charge in [0.2, 0.25) is 0 Å². The van der Waals surface area contributed by atoms with Crippen molar-refractivity contribution in [1.82, 2.24) is 5.32 Å². The van der Waals surface area contributed by atoms with E-state index in [1.54, 1.807) is 18.2 Å². The van der Waals surface area contributed by atoms with E-state index in [1.807, 2.05) is 13.8 Å². The third-order valence-electron chi connectivity index (χ3n) is 3.82. The number of carbonyl (C=O) groups excluding carboxylic acids is 2. The predicted octanol–water partition coefficient (Wildman–Crippen LogP) is 4.21. The normalized spacial score (nSPS) is 16.0. The Morgan fingerprint density at radius 2 is 1.86 bits per heavy atom. The molecule has 1 saturated heterocycles. The van der Waals surface area contributed by atoms with Gasteiger partial charge in [-0.25, -0.2) is 4.39 Å². The first-order valence-corrected chi connectivity index (χ1v) is 9.59. The molecular weight excluding hydrogens is 447 g/mol. The van der Waals surface area contributed by atoms with Crippen molar-refractivity contribution in [2.24, 2.45) is 0 Å². The molecule has 0 unspecified atom stereocenters. The summed E-state index contributed by atoms with van der Waals surface area (Å²) < 4.78 is 19.6. The Kier molecular flexibility index (Phi) is 5.90. The molecule has 2 amide bonds. The fraction of sp³-hybridized carbons (Fsp3) is 0.150. The van der Waals surface area contributed by atoms with Crippen molar-refractivity contribution in [2.75, 3.05) is 4.90 Å². The number of benzene rings is 2. The molecule has 5 nitrogen and oxygen atoms in total. The van der Waals surface area contributed by atoms with E-state index in [-0.39, 0.29) is 16.8 Å². The zero-order valence-electron chi connectivity index (χ0n) is 15.0. The van der Waals surface area contributed by atoms with Crippen LogP contribution >= 0.6 is 28.1 Å². The Morgan fingerprint density at radius 1 is 1.18 bits per heavy atom. The SMILES string of the molecule is CC(C)Oc1ccc(/C=C2/C(=O)NC(=S)N(c3ccc(F)cc3)C2=O)cc1Br. The lowest BCUT2D eigenvalue weighted by molar-refractivity contribution is -0.122. The fourth-order valence-electron chi connectivity index (χ4n) is 2.61. The molecule has 8 heteroatoms. The minimum absolute atomic E-state index is 0.0106. The standard InChI is InChI=1S/C20H16BrFN2O3S/c1-11(2)27-17-8-3-12(10-16(17)21)9-15-18(25)23-20(28)24(19(15)26)14-6-4-13(22)5-7-14/h3-11H,1-2H3,(H,23,25,28)/b15-9-. The van der Waals surface area contributed by atoms with Gasteiger partial charge >= 0.3 is 0 Å². The molecule has 0 spiro atoms. The highest BCUT2D eigenvalue weighted by atomic mass is 79.9. The van der Waals surface area contributed by atoms with E-state index in [1.165, 1.54) is 30.3 Å². The molecule has 0 aromatic heterocycles. The molecule has 0 atom stereocenters. The van der Waals surface area contributed by atoms with Crippen molar-refractivity contribution >= 4 is 56.8 Å². The van der Waals surface area contributed by atoms with Gasteiger partial charge in [-0.15, -0.1) is 0 Å². The van der Waals surface area contributed by atoms with Crippen LogP contribution in [0.15, 0.2) is 52.5 Å². The number of amides is 2. The molecule has 2 aromatic carbocycles. The van der Waals surface area contributed by atoms with Crippen LogP contribution in [0.25, 0.3) is 6.08 Å². The first kappa shape index (κ1) is 20.2. The van der Waals surface area contributed by atoms with Crippen molar-refractivity contribution < 1.29 is 18.7 Å². The van der Waals surface area contributed by atoms with Crippen LogP contribution < -0.4 is 15.0 Å². The molecule has 1 fully saturated rings.